The maximum Gasteiger partial charge on any atom is 0.322 e. The number of H-pyrrole nitrogens is 1. The molecule has 11 nitrogen and oxygen atoms in total. The average Bonchev–Trinajstić information content (AvgIpc) is 3.52. The van der Waals surface area contributed by atoms with Crippen LogP contribution < -0.4 is 15.0 Å². The van der Waals surface area contributed by atoms with Crippen molar-refractivity contribution in [2.45, 2.75) is 38.5 Å². The number of nitrogens with one attached hydrogen (secondary N) is 2. The summed E-state index contributed by atoms with van der Waals surface area (Å²) < 4.78 is 5.74. The van der Waals surface area contributed by atoms with Crippen LogP contribution in [0.25, 0.3) is 11.0 Å². The van der Waals surface area contributed by atoms with E-state index < -0.39 is 5.41 Å². The largest absolute Gasteiger partial charge is 0.462 e. The molecule has 1 aliphatic heterocycles. The summed E-state index contributed by atoms with van der Waals surface area (Å²) in [6.45, 7) is 3.94. The molecule has 11 heteroatoms. The van der Waals surface area contributed by atoms with Crippen LogP contribution in [0.5, 0.6) is 6.01 Å². The van der Waals surface area contributed by atoms with E-state index in [9.17, 15) is 10.1 Å². The summed E-state index contributed by atoms with van der Waals surface area (Å²) in [5.74, 6) is 0.379. The number of amides is 1. The third-order valence-corrected chi connectivity index (χ3v) is 6.26. The maximum atomic E-state index is 12.4. The van der Waals surface area contributed by atoms with Gasteiger partial charge in [0.25, 0.3) is 5.91 Å². The molecule has 0 aromatic carbocycles. The molecule has 0 unspecified atom stereocenters. The highest BCUT2D eigenvalue weighted by atomic mass is 16.5. The lowest BCUT2D eigenvalue weighted by molar-refractivity contribution is 0.0943. The molecule has 5 rings (SSSR count). The summed E-state index contributed by atoms with van der Waals surface area (Å²) in [6.07, 6.45) is 5.10. The van der Waals surface area contributed by atoms with Gasteiger partial charge in [-0.2, -0.15) is 25.3 Å². The highest BCUT2D eigenvalue weighted by molar-refractivity contribution is 5.90. The van der Waals surface area contributed by atoms with E-state index in [-0.39, 0.29) is 24.3 Å². The number of aromatic nitrogens is 6. The maximum absolute atomic E-state index is 12.4. The molecule has 0 bridgehead atoms. The number of ether oxygens (including phenoxy) is 1. The van der Waals surface area contributed by atoms with Gasteiger partial charge in [-0.05, 0) is 44.7 Å². The Labute approximate surface area is 190 Å². The molecule has 0 spiro atoms. The smallest absolute Gasteiger partial charge is 0.322 e. The second kappa shape index (κ2) is 8.61. The minimum Gasteiger partial charge on any atom is -0.462 e. The highest BCUT2D eigenvalue weighted by Crippen LogP contribution is 2.44. The van der Waals surface area contributed by atoms with Crippen LogP contribution in [-0.4, -0.2) is 62.3 Å². The van der Waals surface area contributed by atoms with Gasteiger partial charge in [0.1, 0.15) is 6.61 Å². The third kappa shape index (κ3) is 4.28. The Morgan fingerprint density at radius 3 is 2.88 bits per heavy atom. The number of rotatable bonds is 7. The average molecular weight is 448 g/mol. The van der Waals surface area contributed by atoms with E-state index in [0.717, 1.165) is 42.4 Å². The van der Waals surface area contributed by atoms with Gasteiger partial charge < -0.3 is 15.0 Å². The first-order valence-electron chi connectivity index (χ1n) is 11.2. The molecule has 4 heterocycles. The Morgan fingerprint density at radius 1 is 1.33 bits per heavy atom. The van der Waals surface area contributed by atoms with Gasteiger partial charge >= 0.3 is 6.01 Å². The van der Waals surface area contributed by atoms with Crippen molar-refractivity contribution in [1.29, 1.82) is 5.26 Å². The first-order chi connectivity index (χ1) is 16.1. The van der Waals surface area contributed by atoms with Gasteiger partial charge in [-0.25, -0.2) is 4.98 Å². The first-order valence-corrected chi connectivity index (χ1v) is 11.2. The van der Waals surface area contributed by atoms with E-state index >= 15 is 0 Å². The van der Waals surface area contributed by atoms with Crippen LogP contribution in [0.4, 0.5) is 5.95 Å². The molecule has 2 N–H and O–H groups in total. The number of nitriles is 1. The van der Waals surface area contributed by atoms with Crippen LogP contribution in [0.2, 0.25) is 0 Å². The Hall–Kier alpha value is -3.81. The lowest BCUT2D eigenvalue weighted by Crippen LogP contribution is -2.35. The molecular weight excluding hydrogens is 422 g/mol. The summed E-state index contributed by atoms with van der Waals surface area (Å²) in [6, 6.07) is 6.33. The number of pyridine rings is 1. The van der Waals surface area contributed by atoms with Crippen molar-refractivity contribution in [3.8, 4) is 12.1 Å². The van der Waals surface area contributed by atoms with Crippen LogP contribution in [0, 0.1) is 16.7 Å². The summed E-state index contributed by atoms with van der Waals surface area (Å²) in [5, 5.41) is 20.6. The van der Waals surface area contributed by atoms with Crippen molar-refractivity contribution < 1.29 is 9.53 Å². The minimum atomic E-state index is -0.460. The number of aromatic amines is 1. The predicted molar refractivity (Wildman–Crippen MR) is 119 cm³/mol. The van der Waals surface area contributed by atoms with Crippen LogP contribution in [0.3, 0.4) is 0 Å². The van der Waals surface area contributed by atoms with Gasteiger partial charge in [0.05, 0.1) is 11.5 Å². The summed E-state index contributed by atoms with van der Waals surface area (Å²) >= 11 is 0. The normalized spacial score (nSPS) is 17.5. The lowest BCUT2D eigenvalue weighted by Gasteiger charge is -2.31. The summed E-state index contributed by atoms with van der Waals surface area (Å²) in [7, 11) is 0. The van der Waals surface area contributed by atoms with Crippen LogP contribution in [-0.2, 0) is 0 Å². The van der Waals surface area contributed by atoms with E-state index in [1.807, 2.05) is 24.0 Å². The van der Waals surface area contributed by atoms with E-state index in [1.54, 1.807) is 6.20 Å². The fourth-order valence-electron chi connectivity index (χ4n) is 4.08. The van der Waals surface area contributed by atoms with Crippen molar-refractivity contribution in [3.63, 3.8) is 0 Å². The number of nitrogens with zero attached hydrogens (tertiary/aromatic N) is 7. The zero-order valence-electron chi connectivity index (χ0n) is 18.4. The molecular formula is C22H25N9O2. The number of fused-ring (bicyclic) bond motifs is 1. The van der Waals surface area contributed by atoms with Crippen LogP contribution >= 0.6 is 0 Å². The van der Waals surface area contributed by atoms with Crippen LogP contribution in [0.1, 0.15) is 54.8 Å². The van der Waals surface area contributed by atoms with Gasteiger partial charge in [0.2, 0.25) is 11.8 Å². The SMILES string of the molecule is CCNC(=O)c1nc(OCC2(C#N)CC2)nc(N2CCC(c3[nH]nc4ncccc34)CC2)n1. The Morgan fingerprint density at radius 2 is 2.15 bits per heavy atom. The number of piperidine rings is 1. The first kappa shape index (κ1) is 21.1. The van der Waals surface area contributed by atoms with Crippen molar-refractivity contribution in [3.05, 3.63) is 29.8 Å². The predicted octanol–water partition coefficient (Wildman–Crippen LogP) is 1.96. The van der Waals surface area contributed by atoms with Gasteiger partial charge in [0.15, 0.2) is 5.65 Å². The monoisotopic (exact) mass is 447 g/mol. The number of hydrogen-bond acceptors (Lipinski definition) is 9. The second-order valence-corrected chi connectivity index (χ2v) is 8.56. The lowest BCUT2D eigenvalue weighted by atomic mass is 9.92. The molecule has 1 aliphatic carbocycles. The fraction of sp³-hybridized carbons (Fsp3) is 0.500. The zero-order chi connectivity index (χ0) is 22.8. The second-order valence-electron chi connectivity index (χ2n) is 8.56. The van der Waals surface area contributed by atoms with Crippen LogP contribution in [0.15, 0.2) is 18.3 Å². The molecule has 0 radical (unpaired) electrons. The topological polar surface area (TPSA) is 146 Å². The molecule has 1 saturated heterocycles. The minimum absolute atomic E-state index is 0.0198. The number of anilines is 1. The molecule has 0 atom stereocenters. The molecule has 1 amide bonds. The molecule has 3 aromatic rings. The molecule has 170 valence electrons. The molecule has 2 fully saturated rings. The van der Waals surface area contributed by atoms with Crippen molar-refractivity contribution in [2.24, 2.45) is 5.41 Å². The summed E-state index contributed by atoms with van der Waals surface area (Å²) in [5.41, 5.74) is 1.37. The molecule has 3 aromatic heterocycles. The quantitative estimate of drug-likeness (QED) is 0.555. The third-order valence-electron chi connectivity index (χ3n) is 6.26. The van der Waals surface area contributed by atoms with E-state index in [2.05, 4.69) is 41.5 Å². The van der Waals surface area contributed by atoms with Crippen molar-refractivity contribution in [1.82, 2.24) is 35.5 Å². The van der Waals surface area contributed by atoms with Gasteiger partial charge in [-0.3, -0.25) is 9.89 Å². The fourth-order valence-corrected chi connectivity index (χ4v) is 4.08. The number of carbonyl (C=O) groups is 1. The van der Waals surface area contributed by atoms with Crippen molar-refractivity contribution in [2.75, 3.05) is 31.1 Å². The standard InChI is InChI=1S/C22H25N9O2/c1-2-24-19(32)18-26-20(28-21(27-18)33-13-22(12-23)7-8-22)31-10-5-14(6-11-31)16-15-4-3-9-25-17(15)30-29-16/h3-4,9,14H,2,5-8,10-11,13H2,1H3,(H,24,32)(H,25,29,30). The van der Waals surface area contributed by atoms with E-state index in [4.69, 9.17) is 4.74 Å². The Kier molecular flexibility index (Phi) is 5.50. The Bertz CT molecular complexity index is 1210. The summed E-state index contributed by atoms with van der Waals surface area (Å²) in [4.78, 5) is 31.8. The Balaban J connectivity index is 1.33. The molecule has 2 aliphatic rings. The number of hydrogen-bond donors (Lipinski definition) is 2. The zero-order valence-corrected chi connectivity index (χ0v) is 18.4. The molecule has 33 heavy (non-hydrogen) atoms. The van der Waals surface area contributed by atoms with Crippen molar-refractivity contribution >= 4 is 22.9 Å². The van der Waals surface area contributed by atoms with E-state index in [0.29, 0.717) is 31.5 Å². The van der Waals surface area contributed by atoms with Gasteiger partial charge in [-0.1, -0.05) is 0 Å². The van der Waals surface area contributed by atoms with E-state index in [1.165, 1.54) is 0 Å². The van der Waals surface area contributed by atoms with Gasteiger partial charge in [0, 0.05) is 42.8 Å². The highest BCUT2D eigenvalue weighted by Gasteiger charge is 2.44. The number of carbonyl (C=O) groups excluding carboxylic acids is 1. The van der Waals surface area contributed by atoms with Gasteiger partial charge in [-0.15, -0.1) is 0 Å². The molecule has 1 saturated carbocycles.